The van der Waals surface area contributed by atoms with E-state index in [0.29, 0.717) is 0 Å². The lowest BCUT2D eigenvalue weighted by Crippen LogP contribution is -2.23. The fourth-order valence-corrected chi connectivity index (χ4v) is 2.69. The van der Waals surface area contributed by atoms with Crippen LogP contribution >= 0.6 is 11.8 Å². The Hall–Kier alpha value is -1.81. The summed E-state index contributed by atoms with van der Waals surface area (Å²) >= 11 is 1.46. The maximum Gasteiger partial charge on any atom is 0.237 e. The molecule has 104 valence electrons. The molecule has 1 unspecified atom stereocenters. The van der Waals surface area contributed by atoms with Crippen LogP contribution in [0.5, 0.6) is 0 Å². The van der Waals surface area contributed by atoms with Gasteiger partial charge in [-0.05, 0) is 44.0 Å². The van der Waals surface area contributed by atoms with Gasteiger partial charge in [-0.3, -0.25) is 4.79 Å². The summed E-state index contributed by atoms with van der Waals surface area (Å²) in [4.78, 5) is 16.5. The van der Waals surface area contributed by atoms with Crippen LogP contribution in [0.3, 0.4) is 0 Å². The molecule has 1 aromatic heterocycles. The molecule has 0 aliphatic carbocycles. The molecule has 4 heteroatoms. The van der Waals surface area contributed by atoms with Crippen LogP contribution in [-0.2, 0) is 4.79 Å². The molecule has 0 radical (unpaired) electrons. The van der Waals surface area contributed by atoms with Crippen molar-refractivity contribution in [1.29, 1.82) is 0 Å². The van der Waals surface area contributed by atoms with E-state index >= 15 is 0 Å². The van der Waals surface area contributed by atoms with Crippen LogP contribution in [0.4, 0.5) is 5.69 Å². The molecule has 20 heavy (non-hydrogen) atoms. The average molecular weight is 286 g/mol. The number of anilines is 1. The van der Waals surface area contributed by atoms with Crippen molar-refractivity contribution >= 4 is 23.4 Å². The third-order valence-electron chi connectivity index (χ3n) is 3.03. The fourth-order valence-electron chi connectivity index (χ4n) is 1.89. The summed E-state index contributed by atoms with van der Waals surface area (Å²) in [6.07, 6.45) is 1.73. The number of aromatic nitrogens is 1. The molecule has 0 saturated heterocycles. The second-order valence-corrected chi connectivity index (χ2v) is 6.05. The third-order valence-corrected chi connectivity index (χ3v) is 4.08. The number of para-hydroxylation sites is 1. The molecule has 2 rings (SSSR count). The number of hydrogen-bond donors (Lipinski definition) is 1. The van der Waals surface area contributed by atoms with Crippen LogP contribution in [0.1, 0.15) is 18.1 Å². The van der Waals surface area contributed by atoms with Gasteiger partial charge >= 0.3 is 0 Å². The summed E-state index contributed by atoms with van der Waals surface area (Å²) in [6.45, 7) is 5.89. The molecular formula is C16H18N2OS. The molecule has 0 spiro atoms. The number of amides is 1. The SMILES string of the molecule is Cc1cccc(C)c1NC(=O)C(C)Sc1ccccn1. The van der Waals surface area contributed by atoms with E-state index in [1.54, 1.807) is 6.20 Å². The normalized spacial score (nSPS) is 11.9. The molecular weight excluding hydrogens is 268 g/mol. The number of carbonyl (C=O) groups excluding carboxylic acids is 1. The largest absolute Gasteiger partial charge is 0.325 e. The minimum absolute atomic E-state index is 0.00180. The van der Waals surface area contributed by atoms with E-state index < -0.39 is 0 Å². The lowest BCUT2D eigenvalue weighted by atomic mass is 10.1. The Balaban J connectivity index is 2.05. The molecule has 0 aliphatic heterocycles. The van der Waals surface area contributed by atoms with Crippen molar-refractivity contribution < 1.29 is 4.79 Å². The molecule has 1 heterocycles. The van der Waals surface area contributed by atoms with Gasteiger partial charge < -0.3 is 5.32 Å². The minimum atomic E-state index is -0.191. The number of nitrogens with zero attached hydrogens (tertiary/aromatic N) is 1. The first-order valence-electron chi connectivity index (χ1n) is 6.52. The first-order valence-corrected chi connectivity index (χ1v) is 7.40. The highest BCUT2D eigenvalue weighted by Gasteiger charge is 2.16. The summed E-state index contributed by atoms with van der Waals surface area (Å²) in [5.74, 6) is -0.00180. The summed E-state index contributed by atoms with van der Waals surface area (Å²) in [5.41, 5.74) is 3.06. The van der Waals surface area contributed by atoms with Crippen molar-refractivity contribution in [3.63, 3.8) is 0 Å². The zero-order chi connectivity index (χ0) is 14.5. The van der Waals surface area contributed by atoms with E-state index in [-0.39, 0.29) is 11.2 Å². The number of aryl methyl sites for hydroxylation is 2. The number of thioether (sulfide) groups is 1. The highest BCUT2D eigenvalue weighted by Crippen LogP contribution is 2.24. The highest BCUT2D eigenvalue weighted by atomic mass is 32.2. The molecule has 0 bridgehead atoms. The van der Waals surface area contributed by atoms with Gasteiger partial charge in [0.25, 0.3) is 0 Å². The standard InChI is InChI=1S/C16H18N2OS/c1-11-7-6-8-12(2)15(11)18-16(19)13(3)20-14-9-4-5-10-17-14/h4-10,13H,1-3H3,(H,18,19). The van der Waals surface area contributed by atoms with Crippen molar-refractivity contribution in [3.05, 3.63) is 53.7 Å². The van der Waals surface area contributed by atoms with Crippen LogP contribution in [0.2, 0.25) is 0 Å². The number of pyridine rings is 1. The lowest BCUT2D eigenvalue weighted by Gasteiger charge is -2.15. The molecule has 1 aromatic carbocycles. The average Bonchev–Trinajstić information content (AvgIpc) is 2.44. The van der Waals surface area contributed by atoms with Crippen LogP contribution < -0.4 is 5.32 Å². The Bertz CT molecular complexity index is 578. The zero-order valence-electron chi connectivity index (χ0n) is 11.9. The Morgan fingerprint density at radius 3 is 2.45 bits per heavy atom. The van der Waals surface area contributed by atoms with Gasteiger partial charge in [0.15, 0.2) is 0 Å². The molecule has 2 aromatic rings. The van der Waals surface area contributed by atoms with Gasteiger partial charge in [-0.2, -0.15) is 0 Å². The fraction of sp³-hybridized carbons (Fsp3) is 0.250. The minimum Gasteiger partial charge on any atom is -0.325 e. The molecule has 1 atom stereocenters. The maximum absolute atomic E-state index is 12.3. The first-order chi connectivity index (χ1) is 9.58. The third kappa shape index (κ3) is 3.61. The monoisotopic (exact) mass is 286 g/mol. The van der Waals surface area contributed by atoms with Crippen molar-refractivity contribution in [2.45, 2.75) is 31.0 Å². The summed E-state index contributed by atoms with van der Waals surface area (Å²) in [5, 5.41) is 3.68. The number of carbonyl (C=O) groups is 1. The molecule has 0 saturated carbocycles. The number of rotatable bonds is 4. The second-order valence-electron chi connectivity index (χ2n) is 4.68. The molecule has 3 nitrogen and oxygen atoms in total. The molecule has 1 N–H and O–H groups in total. The van der Waals surface area contributed by atoms with E-state index in [9.17, 15) is 4.79 Å². The van der Waals surface area contributed by atoms with Gasteiger partial charge in [0.2, 0.25) is 5.91 Å². The van der Waals surface area contributed by atoms with Crippen LogP contribution in [0.25, 0.3) is 0 Å². The van der Waals surface area contributed by atoms with E-state index in [1.165, 1.54) is 11.8 Å². The van der Waals surface area contributed by atoms with Gasteiger partial charge in [0.1, 0.15) is 0 Å². The zero-order valence-corrected chi connectivity index (χ0v) is 12.7. The Kier molecular flexibility index (Phi) is 4.79. The Morgan fingerprint density at radius 1 is 1.15 bits per heavy atom. The maximum atomic E-state index is 12.3. The second kappa shape index (κ2) is 6.57. The van der Waals surface area contributed by atoms with E-state index in [4.69, 9.17) is 0 Å². The Labute approximate surface area is 123 Å². The van der Waals surface area contributed by atoms with Gasteiger partial charge in [-0.25, -0.2) is 4.98 Å². The molecule has 0 aliphatic rings. The number of nitrogens with one attached hydrogen (secondary N) is 1. The van der Waals surface area contributed by atoms with E-state index in [2.05, 4.69) is 10.3 Å². The smallest absolute Gasteiger partial charge is 0.237 e. The quantitative estimate of drug-likeness (QED) is 0.869. The van der Waals surface area contributed by atoms with Crippen LogP contribution in [-0.4, -0.2) is 16.1 Å². The lowest BCUT2D eigenvalue weighted by molar-refractivity contribution is -0.115. The Morgan fingerprint density at radius 2 is 1.85 bits per heavy atom. The number of benzene rings is 1. The van der Waals surface area contributed by atoms with Crippen molar-refractivity contribution in [1.82, 2.24) is 4.98 Å². The van der Waals surface area contributed by atoms with Crippen LogP contribution in [0, 0.1) is 13.8 Å². The van der Waals surface area contributed by atoms with Crippen molar-refractivity contribution in [2.24, 2.45) is 0 Å². The number of hydrogen-bond acceptors (Lipinski definition) is 3. The van der Waals surface area contributed by atoms with Gasteiger partial charge in [0, 0.05) is 11.9 Å². The van der Waals surface area contributed by atoms with Gasteiger partial charge in [-0.1, -0.05) is 36.0 Å². The van der Waals surface area contributed by atoms with Gasteiger partial charge in [0.05, 0.1) is 10.3 Å². The first kappa shape index (κ1) is 14.6. The topological polar surface area (TPSA) is 42.0 Å². The van der Waals surface area contributed by atoms with E-state index in [0.717, 1.165) is 21.8 Å². The summed E-state index contributed by atoms with van der Waals surface area (Å²) < 4.78 is 0. The van der Waals surface area contributed by atoms with Gasteiger partial charge in [-0.15, -0.1) is 0 Å². The highest BCUT2D eigenvalue weighted by molar-refractivity contribution is 8.00. The predicted molar refractivity (Wildman–Crippen MR) is 84.1 cm³/mol. The predicted octanol–water partition coefficient (Wildman–Crippen LogP) is 3.82. The van der Waals surface area contributed by atoms with E-state index in [1.807, 2.05) is 57.2 Å². The van der Waals surface area contributed by atoms with Crippen molar-refractivity contribution in [2.75, 3.05) is 5.32 Å². The summed E-state index contributed by atoms with van der Waals surface area (Å²) in [7, 11) is 0. The van der Waals surface area contributed by atoms with Crippen LogP contribution in [0.15, 0.2) is 47.6 Å². The summed E-state index contributed by atoms with van der Waals surface area (Å²) in [6, 6.07) is 11.7. The molecule has 1 amide bonds. The molecule has 0 fully saturated rings. The van der Waals surface area contributed by atoms with Crippen molar-refractivity contribution in [3.8, 4) is 0 Å².